The minimum atomic E-state index is -0.609. The highest BCUT2D eigenvalue weighted by atomic mass is 19.1. The van der Waals surface area contributed by atoms with Crippen LogP contribution in [0.1, 0.15) is 34.9 Å². The lowest BCUT2D eigenvalue weighted by atomic mass is 9.96. The van der Waals surface area contributed by atoms with Gasteiger partial charge >= 0.3 is 0 Å². The molecule has 134 valence electrons. The number of nitrogens with zero attached hydrogens (tertiary/aromatic N) is 3. The zero-order valence-electron chi connectivity index (χ0n) is 14.7. The molecule has 0 aliphatic carbocycles. The van der Waals surface area contributed by atoms with Gasteiger partial charge in [0.2, 0.25) is 0 Å². The van der Waals surface area contributed by atoms with E-state index in [1.54, 1.807) is 11.1 Å². The quantitative estimate of drug-likeness (QED) is 0.853. The molecule has 6 nitrogen and oxygen atoms in total. The molecule has 25 heavy (non-hydrogen) atoms. The summed E-state index contributed by atoms with van der Waals surface area (Å²) < 4.78 is 26.8. The molecule has 0 bridgehead atoms. The van der Waals surface area contributed by atoms with Crippen LogP contribution >= 0.6 is 0 Å². The van der Waals surface area contributed by atoms with E-state index in [1.807, 2.05) is 17.8 Å². The molecule has 2 aromatic rings. The van der Waals surface area contributed by atoms with Gasteiger partial charge in [0.1, 0.15) is 17.2 Å². The second-order valence-electron chi connectivity index (χ2n) is 6.14. The number of halogens is 1. The predicted octanol–water partition coefficient (Wildman–Crippen LogP) is 2.60. The van der Waals surface area contributed by atoms with Crippen molar-refractivity contribution in [3.63, 3.8) is 0 Å². The summed E-state index contributed by atoms with van der Waals surface area (Å²) in [6.45, 7) is 1.09. The van der Waals surface area contributed by atoms with E-state index in [4.69, 9.17) is 9.47 Å². The van der Waals surface area contributed by atoms with Crippen LogP contribution in [0, 0.1) is 5.82 Å². The average Bonchev–Trinajstić information content (AvgIpc) is 3.06. The lowest BCUT2D eigenvalue weighted by Crippen LogP contribution is -2.40. The molecule has 1 aliphatic heterocycles. The molecule has 1 saturated heterocycles. The second-order valence-corrected chi connectivity index (χ2v) is 6.14. The SMILES string of the molecule is COc1ccc(F)c(C(=O)N2CCCC(c3nccn3C)C2)c1OC. The normalized spacial score (nSPS) is 17.4. The van der Waals surface area contributed by atoms with Gasteiger partial charge in [-0.05, 0) is 25.0 Å². The highest BCUT2D eigenvalue weighted by Crippen LogP contribution is 2.35. The Morgan fingerprint density at radius 2 is 2.12 bits per heavy atom. The summed E-state index contributed by atoms with van der Waals surface area (Å²) in [7, 11) is 4.80. The maximum absolute atomic E-state index is 14.4. The number of rotatable bonds is 4. The number of benzene rings is 1. The van der Waals surface area contributed by atoms with Crippen molar-refractivity contribution in [1.29, 1.82) is 0 Å². The summed E-state index contributed by atoms with van der Waals surface area (Å²) in [6.07, 6.45) is 5.44. The molecule has 1 amide bonds. The number of carbonyl (C=O) groups is 1. The topological polar surface area (TPSA) is 56.6 Å². The Labute approximate surface area is 146 Å². The zero-order chi connectivity index (χ0) is 18.0. The highest BCUT2D eigenvalue weighted by molar-refractivity contribution is 5.98. The van der Waals surface area contributed by atoms with Crippen molar-refractivity contribution >= 4 is 5.91 Å². The summed E-state index contributed by atoms with van der Waals surface area (Å²) in [6, 6.07) is 2.69. The minimum absolute atomic E-state index is 0.0812. The number of amides is 1. The highest BCUT2D eigenvalue weighted by Gasteiger charge is 2.31. The number of aryl methyl sites for hydroxylation is 1. The van der Waals surface area contributed by atoms with Crippen LogP contribution in [-0.4, -0.2) is 47.7 Å². The Kier molecular flexibility index (Phi) is 4.92. The van der Waals surface area contributed by atoms with Crippen LogP contribution < -0.4 is 9.47 Å². The van der Waals surface area contributed by atoms with Crippen molar-refractivity contribution in [2.24, 2.45) is 7.05 Å². The van der Waals surface area contributed by atoms with Gasteiger partial charge in [-0.2, -0.15) is 0 Å². The number of aromatic nitrogens is 2. The van der Waals surface area contributed by atoms with Crippen LogP contribution in [0.2, 0.25) is 0 Å². The Morgan fingerprint density at radius 1 is 1.32 bits per heavy atom. The number of likely N-dealkylation sites (tertiary alicyclic amines) is 1. The van der Waals surface area contributed by atoms with Gasteiger partial charge in [-0.25, -0.2) is 9.37 Å². The number of piperidine rings is 1. The van der Waals surface area contributed by atoms with E-state index in [9.17, 15) is 9.18 Å². The third kappa shape index (κ3) is 3.18. The summed E-state index contributed by atoms with van der Waals surface area (Å²) in [5, 5.41) is 0. The lowest BCUT2D eigenvalue weighted by Gasteiger charge is -2.33. The third-order valence-electron chi connectivity index (χ3n) is 4.64. The smallest absolute Gasteiger partial charge is 0.260 e. The molecule has 2 heterocycles. The van der Waals surface area contributed by atoms with Crippen LogP contribution in [0.15, 0.2) is 24.5 Å². The van der Waals surface area contributed by atoms with E-state index in [0.717, 1.165) is 18.7 Å². The molecule has 1 fully saturated rings. The Morgan fingerprint density at radius 3 is 2.76 bits per heavy atom. The molecular weight excluding hydrogens is 325 g/mol. The summed E-state index contributed by atoms with van der Waals surface area (Å²) in [4.78, 5) is 19.1. The molecule has 1 aromatic heterocycles. The molecule has 7 heteroatoms. The van der Waals surface area contributed by atoms with Crippen molar-refractivity contribution in [2.75, 3.05) is 27.3 Å². The van der Waals surface area contributed by atoms with Gasteiger partial charge in [0.15, 0.2) is 11.5 Å². The summed E-state index contributed by atoms with van der Waals surface area (Å²) >= 11 is 0. The Hall–Kier alpha value is -2.57. The molecule has 0 N–H and O–H groups in total. The van der Waals surface area contributed by atoms with Crippen LogP contribution in [0.3, 0.4) is 0 Å². The van der Waals surface area contributed by atoms with E-state index in [1.165, 1.54) is 26.4 Å². The first-order chi connectivity index (χ1) is 12.1. The second kappa shape index (κ2) is 7.13. The first-order valence-corrected chi connectivity index (χ1v) is 8.23. The predicted molar refractivity (Wildman–Crippen MR) is 90.6 cm³/mol. The third-order valence-corrected chi connectivity index (χ3v) is 4.64. The van der Waals surface area contributed by atoms with Gasteiger partial charge < -0.3 is 18.9 Å². The van der Waals surface area contributed by atoms with E-state index in [2.05, 4.69) is 4.98 Å². The van der Waals surface area contributed by atoms with Gasteiger partial charge in [-0.3, -0.25) is 4.79 Å². The van der Waals surface area contributed by atoms with Crippen LogP contribution in [0.25, 0.3) is 0 Å². The molecule has 0 spiro atoms. The van der Waals surface area contributed by atoms with Crippen molar-refractivity contribution in [3.05, 3.63) is 41.7 Å². The monoisotopic (exact) mass is 347 g/mol. The Balaban J connectivity index is 1.89. The number of methoxy groups -OCH3 is 2. The van der Waals surface area contributed by atoms with Crippen LogP contribution in [-0.2, 0) is 7.05 Å². The fourth-order valence-electron chi connectivity index (χ4n) is 3.40. The molecule has 0 radical (unpaired) electrons. The van der Waals surface area contributed by atoms with Crippen molar-refractivity contribution < 1.29 is 18.7 Å². The minimum Gasteiger partial charge on any atom is -0.493 e. The number of ether oxygens (including phenoxy) is 2. The molecule has 1 atom stereocenters. The molecular formula is C18H22FN3O3. The molecule has 1 aliphatic rings. The largest absolute Gasteiger partial charge is 0.493 e. The summed E-state index contributed by atoms with van der Waals surface area (Å²) in [5.74, 6) is 0.554. The summed E-state index contributed by atoms with van der Waals surface area (Å²) in [5.41, 5.74) is -0.0812. The van der Waals surface area contributed by atoms with Crippen LogP contribution in [0.4, 0.5) is 4.39 Å². The van der Waals surface area contributed by atoms with Gasteiger partial charge in [0.25, 0.3) is 5.91 Å². The maximum atomic E-state index is 14.4. The van der Waals surface area contributed by atoms with E-state index < -0.39 is 5.82 Å². The fraction of sp³-hybridized carbons (Fsp3) is 0.444. The van der Waals surface area contributed by atoms with Gasteiger partial charge in [0.05, 0.1) is 14.2 Å². The molecule has 0 saturated carbocycles. The van der Waals surface area contributed by atoms with Crippen LogP contribution in [0.5, 0.6) is 11.5 Å². The van der Waals surface area contributed by atoms with E-state index in [0.29, 0.717) is 18.8 Å². The number of hydrogen-bond acceptors (Lipinski definition) is 4. The van der Waals surface area contributed by atoms with Crippen molar-refractivity contribution in [1.82, 2.24) is 14.5 Å². The number of carbonyl (C=O) groups excluding carboxylic acids is 1. The van der Waals surface area contributed by atoms with Crippen molar-refractivity contribution in [3.8, 4) is 11.5 Å². The van der Waals surface area contributed by atoms with Gasteiger partial charge in [0, 0.05) is 38.4 Å². The first kappa shape index (κ1) is 17.3. The first-order valence-electron chi connectivity index (χ1n) is 8.23. The lowest BCUT2D eigenvalue weighted by molar-refractivity contribution is 0.0694. The maximum Gasteiger partial charge on any atom is 0.260 e. The molecule has 1 aromatic carbocycles. The van der Waals surface area contributed by atoms with Crippen molar-refractivity contribution in [2.45, 2.75) is 18.8 Å². The van der Waals surface area contributed by atoms with E-state index in [-0.39, 0.29) is 23.1 Å². The Bertz CT molecular complexity index is 775. The fourth-order valence-corrected chi connectivity index (χ4v) is 3.40. The molecule has 1 unspecified atom stereocenters. The van der Waals surface area contributed by atoms with E-state index >= 15 is 0 Å². The zero-order valence-corrected chi connectivity index (χ0v) is 14.7. The average molecular weight is 347 g/mol. The van der Waals surface area contributed by atoms with Gasteiger partial charge in [-0.15, -0.1) is 0 Å². The molecule has 3 rings (SSSR count). The number of imidazole rings is 1. The van der Waals surface area contributed by atoms with Gasteiger partial charge in [-0.1, -0.05) is 0 Å². The number of hydrogen-bond donors (Lipinski definition) is 0. The standard InChI is InChI=1S/C18H22FN3O3/c1-21-10-8-20-17(21)12-5-4-9-22(11-12)18(23)15-13(19)6-7-14(24-2)16(15)25-3/h6-8,10,12H,4-5,9,11H2,1-3H3.